The molecule has 3 aromatic rings. The molecule has 0 aliphatic carbocycles. The molecule has 2 heterocycles. The number of nitrogens with one attached hydrogen (secondary N) is 2. The van der Waals surface area contributed by atoms with E-state index in [1.807, 2.05) is 6.07 Å². The number of rotatable bonds is 3. The van der Waals surface area contributed by atoms with Crippen LogP contribution in [0.25, 0.3) is 16.5 Å². The van der Waals surface area contributed by atoms with Gasteiger partial charge in [0.2, 0.25) is 0 Å². The third-order valence-electron chi connectivity index (χ3n) is 4.54. The van der Waals surface area contributed by atoms with Gasteiger partial charge in [0.05, 0.1) is 10.5 Å². The zero-order chi connectivity index (χ0) is 20.8. The molecule has 0 radical (unpaired) electrons. The summed E-state index contributed by atoms with van der Waals surface area (Å²) in [5, 5.41) is 2.41. The average Bonchev–Trinajstić information content (AvgIpc) is 3.25. The number of allylic oxidation sites excluding steroid dienone is 1. The van der Waals surface area contributed by atoms with Crippen LogP contribution in [0.4, 0.5) is 18.0 Å². The number of H-pyrrole nitrogens is 1. The van der Waals surface area contributed by atoms with E-state index in [0.29, 0.717) is 22.9 Å². The van der Waals surface area contributed by atoms with Gasteiger partial charge in [-0.1, -0.05) is 23.7 Å². The van der Waals surface area contributed by atoms with Gasteiger partial charge in [0.15, 0.2) is 0 Å². The first-order valence-electron chi connectivity index (χ1n) is 8.42. The van der Waals surface area contributed by atoms with E-state index >= 15 is 0 Å². The maximum atomic E-state index is 13.5. The molecule has 1 fully saturated rings. The Labute approximate surface area is 172 Å². The summed E-state index contributed by atoms with van der Waals surface area (Å²) in [6.45, 7) is 0. The van der Waals surface area contributed by atoms with Crippen LogP contribution in [0.3, 0.4) is 0 Å². The van der Waals surface area contributed by atoms with Gasteiger partial charge in [-0.15, -0.1) is 0 Å². The van der Waals surface area contributed by atoms with Gasteiger partial charge in [-0.3, -0.25) is 14.9 Å². The molecule has 0 unspecified atom stereocenters. The van der Waals surface area contributed by atoms with E-state index in [9.17, 15) is 22.8 Å². The predicted molar refractivity (Wildman–Crippen MR) is 107 cm³/mol. The third-order valence-corrected chi connectivity index (χ3v) is 5.70. The minimum atomic E-state index is -4.61. The number of halogens is 4. The molecule has 2 N–H and O–H groups in total. The number of hydrogen-bond acceptors (Lipinski definition) is 3. The third kappa shape index (κ3) is 3.90. The topological polar surface area (TPSA) is 62.0 Å². The number of carbonyl (C=O) groups is 2. The molecule has 1 aliphatic heterocycles. The van der Waals surface area contributed by atoms with Crippen LogP contribution in [-0.4, -0.2) is 16.1 Å². The zero-order valence-corrected chi connectivity index (χ0v) is 16.1. The highest BCUT2D eigenvalue weighted by atomic mass is 35.5. The zero-order valence-electron chi connectivity index (χ0n) is 14.6. The summed E-state index contributed by atoms with van der Waals surface area (Å²) < 4.78 is 40.6. The fourth-order valence-electron chi connectivity index (χ4n) is 3.22. The van der Waals surface area contributed by atoms with Crippen LogP contribution < -0.4 is 5.32 Å². The first kappa shape index (κ1) is 19.6. The Morgan fingerprint density at radius 1 is 1.07 bits per heavy atom. The van der Waals surface area contributed by atoms with Crippen molar-refractivity contribution in [1.29, 1.82) is 0 Å². The average molecular weight is 437 g/mol. The van der Waals surface area contributed by atoms with Crippen LogP contribution in [0.15, 0.2) is 53.6 Å². The molecule has 0 spiro atoms. The van der Waals surface area contributed by atoms with Crippen LogP contribution in [0.5, 0.6) is 0 Å². The van der Waals surface area contributed by atoms with Crippen molar-refractivity contribution >= 4 is 51.0 Å². The summed E-state index contributed by atoms with van der Waals surface area (Å²) in [4.78, 5) is 27.1. The number of amides is 2. The molecule has 1 aromatic heterocycles. The summed E-state index contributed by atoms with van der Waals surface area (Å²) in [5.41, 5.74) is 0.842. The Morgan fingerprint density at radius 2 is 1.86 bits per heavy atom. The number of aromatic amines is 1. The fraction of sp³-hybridized carbons (Fsp3) is 0.100. The number of carbonyl (C=O) groups excluding carboxylic acids is 2. The lowest BCUT2D eigenvalue weighted by Crippen LogP contribution is -2.18. The molecule has 0 atom stereocenters. The Kier molecular flexibility index (Phi) is 4.92. The molecule has 4 nitrogen and oxygen atoms in total. The van der Waals surface area contributed by atoms with E-state index in [1.165, 1.54) is 12.1 Å². The predicted octanol–water partition coefficient (Wildman–Crippen LogP) is 5.78. The minimum absolute atomic E-state index is 0.0350. The molecule has 2 aromatic carbocycles. The molecular formula is C20H12ClF3N2O2S. The van der Waals surface area contributed by atoms with Crippen molar-refractivity contribution in [1.82, 2.24) is 10.3 Å². The summed E-state index contributed by atoms with van der Waals surface area (Å²) in [6.07, 6.45) is -3.06. The Bertz CT molecular complexity index is 1180. The van der Waals surface area contributed by atoms with Gasteiger partial charge < -0.3 is 4.98 Å². The SMILES string of the molecule is O=C1NC(=O)/C(=C(\Cc2ccc(Cl)cc2C(F)(F)F)c2ccc3[nH]ccc3c2)S1. The van der Waals surface area contributed by atoms with Gasteiger partial charge >= 0.3 is 6.18 Å². The van der Waals surface area contributed by atoms with Gasteiger partial charge in [-0.05, 0) is 70.6 Å². The summed E-state index contributed by atoms with van der Waals surface area (Å²) in [5.74, 6) is -0.619. The Balaban J connectivity index is 1.88. The first-order chi connectivity index (χ1) is 13.7. The highest BCUT2D eigenvalue weighted by molar-refractivity contribution is 8.18. The van der Waals surface area contributed by atoms with Crippen LogP contribution >= 0.6 is 23.4 Å². The van der Waals surface area contributed by atoms with Crippen LogP contribution in [0.1, 0.15) is 16.7 Å². The number of aromatic nitrogens is 1. The Morgan fingerprint density at radius 3 is 2.55 bits per heavy atom. The summed E-state index contributed by atoms with van der Waals surface area (Å²) >= 11 is 6.46. The van der Waals surface area contributed by atoms with Gasteiger partial charge in [-0.2, -0.15) is 13.2 Å². The highest BCUT2D eigenvalue weighted by Crippen LogP contribution is 2.39. The smallest absolute Gasteiger partial charge is 0.361 e. The normalized spacial score (nSPS) is 16.4. The van der Waals surface area contributed by atoms with Crippen LogP contribution in [0.2, 0.25) is 5.02 Å². The molecule has 2 amide bonds. The van der Waals surface area contributed by atoms with E-state index in [0.717, 1.165) is 17.0 Å². The quantitative estimate of drug-likeness (QED) is 0.512. The van der Waals surface area contributed by atoms with E-state index in [4.69, 9.17) is 11.6 Å². The van der Waals surface area contributed by atoms with Gasteiger partial charge in [-0.25, -0.2) is 0 Å². The standard InChI is InChI=1S/C20H12ClF3N2O2S/c21-13-3-1-11(15(9-13)20(22,23)24)8-14(17-18(27)26-19(28)29-17)10-2-4-16-12(7-10)5-6-25-16/h1-7,9,25H,8H2,(H,26,27,28)/b17-14-. The van der Waals surface area contributed by atoms with E-state index < -0.39 is 22.9 Å². The Hall–Kier alpha value is -2.71. The van der Waals surface area contributed by atoms with Gasteiger partial charge in [0, 0.05) is 16.7 Å². The first-order valence-corrected chi connectivity index (χ1v) is 9.61. The number of imide groups is 1. The number of alkyl halides is 3. The molecule has 1 saturated heterocycles. The number of thioether (sulfide) groups is 1. The number of benzene rings is 2. The fourth-order valence-corrected chi connectivity index (χ4v) is 4.18. The molecule has 9 heteroatoms. The van der Waals surface area contributed by atoms with Crippen molar-refractivity contribution in [2.75, 3.05) is 0 Å². The number of fused-ring (bicyclic) bond motifs is 1. The monoisotopic (exact) mass is 436 g/mol. The molecule has 0 saturated carbocycles. The number of hydrogen-bond donors (Lipinski definition) is 2. The van der Waals surface area contributed by atoms with Gasteiger partial charge in [0.1, 0.15) is 0 Å². The maximum absolute atomic E-state index is 13.5. The second kappa shape index (κ2) is 7.27. The van der Waals surface area contributed by atoms with Crippen molar-refractivity contribution in [3.63, 3.8) is 0 Å². The van der Waals surface area contributed by atoms with Gasteiger partial charge in [0.25, 0.3) is 11.1 Å². The van der Waals surface area contributed by atoms with Crippen molar-refractivity contribution in [3.05, 3.63) is 75.3 Å². The van der Waals surface area contributed by atoms with Crippen molar-refractivity contribution in [2.45, 2.75) is 12.6 Å². The largest absolute Gasteiger partial charge is 0.416 e. The molecule has 0 bridgehead atoms. The molecule has 4 rings (SSSR count). The van der Waals surface area contributed by atoms with E-state index in [2.05, 4.69) is 10.3 Å². The molecule has 1 aliphatic rings. The molecule has 148 valence electrons. The second-order valence-electron chi connectivity index (χ2n) is 6.41. The van der Waals surface area contributed by atoms with Crippen molar-refractivity contribution < 1.29 is 22.8 Å². The van der Waals surface area contributed by atoms with Crippen molar-refractivity contribution in [2.24, 2.45) is 0 Å². The minimum Gasteiger partial charge on any atom is -0.361 e. The van der Waals surface area contributed by atoms with E-state index in [-0.39, 0.29) is 21.9 Å². The summed E-state index contributed by atoms with van der Waals surface area (Å²) in [6, 6.07) is 10.6. The lowest BCUT2D eigenvalue weighted by atomic mass is 9.93. The second-order valence-corrected chi connectivity index (χ2v) is 7.83. The van der Waals surface area contributed by atoms with Crippen LogP contribution in [0, 0.1) is 0 Å². The molecule has 29 heavy (non-hydrogen) atoms. The lowest BCUT2D eigenvalue weighted by molar-refractivity contribution is -0.138. The van der Waals surface area contributed by atoms with Crippen LogP contribution in [-0.2, 0) is 17.4 Å². The van der Waals surface area contributed by atoms with Crippen molar-refractivity contribution in [3.8, 4) is 0 Å². The summed E-state index contributed by atoms with van der Waals surface area (Å²) in [7, 11) is 0. The highest BCUT2D eigenvalue weighted by Gasteiger charge is 2.35. The molecular weight excluding hydrogens is 425 g/mol. The lowest BCUT2D eigenvalue weighted by Gasteiger charge is -2.16. The van der Waals surface area contributed by atoms with E-state index in [1.54, 1.807) is 24.4 Å². The maximum Gasteiger partial charge on any atom is 0.416 e.